The molecule has 1 aromatic carbocycles. The normalized spacial score (nSPS) is 11.9. The second-order valence-corrected chi connectivity index (χ2v) is 9.40. The number of carbonyl (C=O) groups excluding carboxylic acids is 1. The first-order chi connectivity index (χ1) is 16.3. The fourth-order valence-corrected chi connectivity index (χ4v) is 4.66. The van der Waals surface area contributed by atoms with Crippen LogP contribution in [-0.2, 0) is 24.7 Å². The predicted octanol–water partition coefficient (Wildman–Crippen LogP) is 6.13. The number of carbonyl (C=O) groups is 2. The molecule has 0 fully saturated rings. The van der Waals surface area contributed by atoms with Gasteiger partial charge in [0.2, 0.25) is 0 Å². The minimum Gasteiger partial charge on any atom is -0.481 e. The molecular formula is C27H30ClN3O3. The van der Waals surface area contributed by atoms with Crippen molar-refractivity contribution in [3.05, 3.63) is 63.9 Å². The second kappa shape index (κ2) is 11.8. The fraction of sp³-hybridized carbons (Fsp3) is 0.407. The predicted molar refractivity (Wildman–Crippen MR) is 133 cm³/mol. The molecular weight excluding hydrogens is 450 g/mol. The lowest BCUT2D eigenvalue weighted by molar-refractivity contribution is -0.137. The minimum atomic E-state index is -0.900. The molecule has 7 heteroatoms. The molecule has 0 unspecified atom stereocenters. The van der Waals surface area contributed by atoms with Crippen molar-refractivity contribution in [2.24, 2.45) is 13.0 Å². The number of hydrogen-bond acceptors (Lipinski definition) is 4. The molecule has 1 atom stereocenters. The van der Waals surface area contributed by atoms with Gasteiger partial charge >= 0.3 is 5.97 Å². The van der Waals surface area contributed by atoms with Gasteiger partial charge in [-0.15, -0.1) is 0 Å². The van der Waals surface area contributed by atoms with E-state index >= 15 is 0 Å². The summed E-state index contributed by atoms with van der Waals surface area (Å²) >= 11 is 6.18. The van der Waals surface area contributed by atoms with Crippen LogP contribution < -0.4 is 0 Å². The monoisotopic (exact) mass is 479 g/mol. The number of rotatable bonds is 12. The van der Waals surface area contributed by atoms with Crippen LogP contribution in [0.25, 0.3) is 11.0 Å². The Bertz CT molecular complexity index is 1230. The van der Waals surface area contributed by atoms with Crippen LogP contribution in [0.1, 0.15) is 72.6 Å². The molecule has 0 radical (unpaired) electrons. The minimum absolute atomic E-state index is 0.0396. The molecule has 0 spiro atoms. The Morgan fingerprint density at radius 3 is 2.59 bits per heavy atom. The van der Waals surface area contributed by atoms with Gasteiger partial charge in [0.05, 0.1) is 16.7 Å². The highest BCUT2D eigenvalue weighted by Gasteiger charge is 2.24. The summed E-state index contributed by atoms with van der Waals surface area (Å²) in [5.74, 6) is -1.21. The number of fused-ring (bicyclic) bond motifs is 1. The van der Waals surface area contributed by atoms with Crippen LogP contribution in [0.5, 0.6) is 0 Å². The molecule has 3 aromatic rings. The summed E-state index contributed by atoms with van der Waals surface area (Å²) in [7, 11) is 1.91. The molecule has 1 N–H and O–H groups in total. The first kappa shape index (κ1) is 25.5. The van der Waals surface area contributed by atoms with Crippen molar-refractivity contribution in [3.8, 4) is 6.07 Å². The number of unbranched alkanes of at least 4 members (excludes halogenated alkanes) is 3. The van der Waals surface area contributed by atoms with Crippen molar-refractivity contribution < 1.29 is 14.7 Å². The zero-order valence-electron chi connectivity index (χ0n) is 19.7. The van der Waals surface area contributed by atoms with Gasteiger partial charge in [-0.3, -0.25) is 9.59 Å². The molecule has 0 aliphatic rings. The molecule has 0 aliphatic carbocycles. The number of aryl methyl sites for hydroxylation is 2. The lowest BCUT2D eigenvalue weighted by atomic mass is 9.94. The number of carboxylic acids is 1. The van der Waals surface area contributed by atoms with Crippen molar-refractivity contribution in [1.82, 2.24) is 9.55 Å². The average Bonchev–Trinajstić information content (AvgIpc) is 3.06. The SMILES string of the molecule is C[C@H](CC(=O)O)CC(=O)c1c(CCCCCCc2cccc(C#N)c2)n(C)c2ncc(Cl)cc12. The van der Waals surface area contributed by atoms with Crippen LogP contribution in [0, 0.1) is 17.2 Å². The Balaban J connectivity index is 1.67. The summed E-state index contributed by atoms with van der Waals surface area (Å²) < 4.78 is 1.97. The number of aliphatic carboxylic acids is 1. The zero-order valence-corrected chi connectivity index (χ0v) is 20.4. The summed E-state index contributed by atoms with van der Waals surface area (Å²) in [6, 6.07) is 11.7. The molecule has 0 bridgehead atoms. The molecule has 0 amide bonds. The average molecular weight is 480 g/mol. The van der Waals surface area contributed by atoms with E-state index in [2.05, 4.69) is 17.1 Å². The van der Waals surface area contributed by atoms with Gasteiger partial charge in [0, 0.05) is 42.7 Å². The standard InChI is InChI=1S/C27H30ClN3O3/c1-18(13-25(33)34)12-24(32)26-22-15-21(28)17-30-27(22)31(2)23(26)11-6-4-3-5-8-19-9-7-10-20(14-19)16-29/h7,9-10,14-15,17-18H,3-6,8,11-13H2,1-2H3,(H,33,34)/t18-/m0/s1. The van der Waals surface area contributed by atoms with E-state index in [1.165, 1.54) is 5.56 Å². The smallest absolute Gasteiger partial charge is 0.303 e. The van der Waals surface area contributed by atoms with E-state index < -0.39 is 5.97 Å². The van der Waals surface area contributed by atoms with Gasteiger partial charge in [0.15, 0.2) is 5.78 Å². The summed E-state index contributed by atoms with van der Waals surface area (Å²) in [5.41, 5.74) is 4.14. The molecule has 2 heterocycles. The number of ketones is 1. The molecule has 34 heavy (non-hydrogen) atoms. The number of carboxylic acid groups (broad SMARTS) is 1. The van der Waals surface area contributed by atoms with Crippen molar-refractivity contribution in [2.45, 2.75) is 58.3 Å². The Hall–Kier alpha value is -3.17. The number of hydrogen-bond donors (Lipinski definition) is 1. The first-order valence-corrected chi connectivity index (χ1v) is 12.0. The number of aromatic nitrogens is 2. The van der Waals surface area contributed by atoms with Gasteiger partial charge in [-0.05, 0) is 55.4 Å². The van der Waals surface area contributed by atoms with Crippen LogP contribution in [0.15, 0.2) is 36.5 Å². The molecule has 3 rings (SSSR count). The Kier molecular flexibility index (Phi) is 8.84. The Labute approximate surface area is 205 Å². The molecule has 6 nitrogen and oxygen atoms in total. The third-order valence-corrected chi connectivity index (χ3v) is 6.34. The van der Waals surface area contributed by atoms with Crippen LogP contribution in [0.3, 0.4) is 0 Å². The largest absolute Gasteiger partial charge is 0.481 e. The fourth-order valence-electron chi connectivity index (χ4n) is 4.50. The maximum Gasteiger partial charge on any atom is 0.303 e. The van der Waals surface area contributed by atoms with E-state index in [0.29, 0.717) is 21.8 Å². The highest BCUT2D eigenvalue weighted by atomic mass is 35.5. The van der Waals surface area contributed by atoms with E-state index in [9.17, 15) is 9.59 Å². The van der Waals surface area contributed by atoms with Gasteiger partial charge in [-0.2, -0.15) is 5.26 Å². The summed E-state index contributed by atoms with van der Waals surface area (Å²) in [5, 5.41) is 19.3. The zero-order chi connectivity index (χ0) is 24.7. The summed E-state index contributed by atoms with van der Waals surface area (Å²) in [6.45, 7) is 1.79. The van der Waals surface area contributed by atoms with E-state index in [1.807, 2.05) is 29.8 Å². The number of Topliss-reactive ketones (excluding diaryl/α,β-unsaturated/α-hetero) is 1. The van der Waals surface area contributed by atoms with Gasteiger partial charge in [-0.25, -0.2) is 4.98 Å². The van der Waals surface area contributed by atoms with Crippen LogP contribution in [0.2, 0.25) is 5.02 Å². The van der Waals surface area contributed by atoms with E-state index in [0.717, 1.165) is 49.6 Å². The van der Waals surface area contributed by atoms with Gasteiger partial charge in [0.25, 0.3) is 0 Å². The third kappa shape index (κ3) is 6.45. The quantitative estimate of drug-likeness (QED) is 0.249. The van der Waals surface area contributed by atoms with E-state index in [4.69, 9.17) is 22.0 Å². The summed E-state index contributed by atoms with van der Waals surface area (Å²) in [6.07, 6.45) is 7.45. The first-order valence-electron chi connectivity index (χ1n) is 11.7. The van der Waals surface area contributed by atoms with Crippen LogP contribution in [0.4, 0.5) is 0 Å². The number of nitriles is 1. The van der Waals surface area contributed by atoms with Gasteiger partial charge in [-0.1, -0.05) is 43.5 Å². The van der Waals surface area contributed by atoms with Crippen molar-refractivity contribution in [3.63, 3.8) is 0 Å². The molecule has 0 saturated carbocycles. The summed E-state index contributed by atoms with van der Waals surface area (Å²) in [4.78, 5) is 28.7. The second-order valence-electron chi connectivity index (χ2n) is 8.96. The van der Waals surface area contributed by atoms with Gasteiger partial charge in [0.1, 0.15) is 5.65 Å². The van der Waals surface area contributed by atoms with Crippen molar-refractivity contribution >= 4 is 34.4 Å². The molecule has 178 valence electrons. The molecule has 2 aromatic heterocycles. The maximum atomic E-state index is 13.2. The number of nitrogens with zero attached hydrogens (tertiary/aromatic N) is 3. The number of pyridine rings is 1. The lowest BCUT2D eigenvalue weighted by Crippen LogP contribution is -2.12. The van der Waals surface area contributed by atoms with E-state index in [1.54, 1.807) is 19.2 Å². The highest BCUT2D eigenvalue weighted by Crippen LogP contribution is 2.30. The Morgan fingerprint density at radius 2 is 1.88 bits per heavy atom. The molecule has 0 saturated heterocycles. The van der Waals surface area contributed by atoms with Crippen molar-refractivity contribution in [2.75, 3.05) is 0 Å². The molecule has 0 aliphatic heterocycles. The maximum absolute atomic E-state index is 13.2. The number of benzene rings is 1. The van der Waals surface area contributed by atoms with Gasteiger partial charge < -0.3 is 9.67 Å². The third-order valence-electron chi connectivity index (χ3n) is 6.13. The lowest BCUT2D eigenvalue weighted by Gasteiger charge is -2.10. The topological polar surface area (TPSA) is 96.0 Å². The number of halogens is 1. The van der Waals surface area contributed by atoms with Crippen LogP contribution in [-0.4, -0.2) is 26.4 Å². The van der Waals surface area contributed by atoms with Crippen LogP contribution >= 0.6 is 11.6 Å². The van der Waals surface area contributed by atoms with E-state index in [-0.39, 0.29) is 24.5 Å². The van der Waals surface area contributed by atoms with Crippen molar-refractivity contribution in [1.29, 1.82) is 5.26 Å². The Morgan fingerprint density at radius 1 is 1.15 bits per heavy atom. The highest BCUT2D eigenvalue weighted by molar-refractivity contribution is 6.31.